The molecule has 12 heteroatoms. The van der Waals surface area contributed by atoms with Crippen molar-refractivity contribution in [2.45, 2.75) is 11.8 Å². The SMILES string of the molecule is COC(=O)COc1ccc(/C=N\NC(=O)CN(c2cc(Cl)cc(Cl)c2)S(=O)(=O)c2ccc(C)cc2)cc1. The van der Waals surface area contributed by atoms with E-state index in [-0.39, 0.29) is 27.2 Å². The molecule has 0 aliphatic heterocycles. The Labute approximate surface area is 224 Å². The lowest BCUT2D eigenvalue weighted by molar-refractivity contribution is -0.142. The first kappa shape index (κ1) is 28.0. The Kier molecular flexibility index (Phi) is 9.51. The van der Waals surface area contributed by atoms with E-state index in [1.54, 1.807) is 36.4 Å². The van der Waals surface area contributed by atoms with Crippen molar-refractivity contribution in [3.05, 3.63) is 87.9 Å². The molecule has 0 aliphatic rings. The van der Waals surface area contributed by atoms with E-state index in [4.69, 9.17) is 27.9 Å². The van der Waals surface area contributed by atoms with Crippen LogP contribution in [0.15, 0.2) is 76.7 Å². The quantitative estimate of drug-likeness (QED) is 0.224. The molecule has 0 radical (unpaired) electrons. The molecule has 194 valence electrons. The van der Waals surface area contributed by atoms with Gasteiger partial charge in [-0.05, 0) is 67.1 Å². The number of sulfonamides is 1. The molecule has 0 bridgehead atoms. The summed E-state index contributed by atoms with van der Waals surface area (Å²) in [6, 6.07) is 17.0. The minimum atomic E-state index is -4.14. The van der Waals surface area contributed by atoms with Gasteiger partial charge in [0.25, 0.3) is 15.9 Å². The van der Waals surface area contributed by atoms with Gasteiger partial charge < -0.3 is 9.47 Å². The number of esters is 1. The van der Waals surface area contributed by atoms with Gasteiger partial charge >= 0.3 is 5.97 Å². The number of anilines is 1. The zero-order valence-electron chi connectivity index (χ0n) is 19.9. The number of amides is 1. The van der Waals surface area contributed by atoms with Crippen LogP contribution in [0.5, 0.6) is 5.75 Å². The number of carbonyl (C=O) groups is 2. The van der Waals surface area contributed by atoms with E-state index in [0.29, 0.717) is 11.3 Å². The van der Waals surface area contributed by atoms with Crippen molar-refractivity contribution in [3.63, 3.8) is 0 Å². The zero-order valence-corrected chi connectivity index (χ0v) is 22.2. The van der Waals surface area contributed by atoms with Crippen LogP contribution >= 0.6 is 23.2 Å². The van der Waals surface area contributed by atoms with Crippen LogP contribution in [0.1, 0.15) is 11.1 Å². The first-order chi connectivity index (χ1) is 17.6. The minimum absolute atomic E-state index is 0.00000660. The summed E-state index contributed by atoms with van der Waals surface area (Å²) in [5.74, 6) is -0.753. The number of hydrazone groups is 1. The van der Waals surface area contributed by atoms with E-state index in [1.165, 1.54) is 43.7 Å². The number of nitrogens with zero attached hydrogens (tertiary/aromatic N) is 2. The largest absolute Gasteiger partial charge is 0.482 e. The molecule has 0 atom stereocenters. The summed E-state index contributed by atoms with van der Waals surface area (Å²) >= 11 is 12.2. The molecule has 0 fully saturated rings. The molecule has 1 N–H and O–H groups in total. The molecular formula is C25H23Cl2N3O6S. The van der Waals surface area contributed by atoms with Crippen LogP contribution in [0.2, 0.25) is 10.0 Å². The highest BCUT2D eigenvalue weighted by Gasteiger charge is 2.27. The number of carbonyl (C=O) groups excluding carboxylic acids is 2. The van der Waals surface area contributed by atoms with Crippen LogP contribution in [0, 0.1) is 6.92 Å². The van der Waals surface area contributed by atoms with Gasteiger partial charge in [0.1, 0.15) is 12.3 Å². The van der Waals surface area contributed by atoms with E-state index < -0.39 is 28.4 Å². The molecule has 0 saturated heterocycles. The molecular weight excluding hydrogens is 541 g/mol. The van der Waals surface area contributed by atoms with Gasteiger partial charge in [-0.15, -0.1) is 0 Å². The van der Waals surface area contributed by atoms with Gasteiger partial charge in [0.05, 0.1) is 23.9 Å². The van der Waals surface area contributed by atoms with Gasteiger partial charge in [0.2, 0.25) is 0 Å². The van der Waals surface area contributed by atoms with Crippen molar-refractivity contribution >= 4 is 57.0 Å². The van der Waals surface area contributed by atoms with Crippen LogP contribution in [0.3, 0.4) is 0 Å². The molecule has 0 aromatic heterocycles. The van der Waals surface area contributed by atoms with Gasteiger partial charge in [-0.2, -0.15) is 5.10 Å². The average molecular weight is 564 g/mol. The molecule has 3 aromatic rings. The van der Waals surface area contributed by atoms with E-state index in [9.17, 15) is 18.0 Å². The summed E-state index contributed by atoms with van der Waals surface area (Å²) in [5, 5.41) is 4.32. The minimum Gasteiger partial charge on any atom is -0.482 e. The maximum Gasteiger partial charge on any atom is 0.343 e. The van der Waals surface area contributed by atoms with E-state index in [0.717, 1.165) is 9.87 Å². The summed E-state index contributed by atoms with van der Waals surface area (Å²) in [7, 11) is -2.87. The van der Waals surface area contributed by atoms with Crippen LogP contribution in [-0.2, 0) is 24.3 Å². The van der Waals surface area contributed by atoms with Crippen molar-refractivity contribution in [2.75, 3.05) is 24.6 Å². The highest BCUT2D eigenvalue weighted by Crippen LogP contribution is 2.29. The summed E-state index contributed by atoms with van der Waals surface area (Å²) in [6.45, 7) is 1.03. The maximum atomic E-state index is 13.4. The van der Waals surface area contributed by atoms with E-state index in [2.05, 4.69) is 15.3 Å². The number of hydrogen-bond donors (Lipinski definition) is 1. The van der Waals surface area contributed by atoms with Crippen LogP contribution in [-0.4, -0.2) is 46.8 Å². The smallest absolute Gasteiger partial charge is 0.343 e. The highest BCUT2D eigenvalue weighted by molar-refractivity contribution is 7.92. The van der Waals surface area contributed by atoms with E-state index in [1.807, 2.05) is 6.92 Å². The molecule has 0 unspecified atom stereocenters. The molecule has 1 amide bonds. The van der Waals surface area contributed by atoms with Crippen molar-refractivity contribution in [1.82, 2.24) is 5.43 Å². The molecule has 3 rings (SSSR count). The average Bonchev–Trinajstić information content (AvgIpc) is 2.86. The fraction of sp³-hybridized carbons (Fsp3) is 0.160. The Morgan fingerprint density at radius 3 is 2.22 bits per heavy atom. The number of nitrogens with one attached hydrogen (secondary N) is 1. The second-order valence-corrected chi connectivity index (χ2v) is 10.4. The standard InChI is InChI=1S/C25H23Cl2N3O6S/c1-17-3-9-23(10-4-17)37(33,34)30(21-12-19(26)11-20(27)13-21)15-24(31)29-28-14-18-5-7-22(8-6-18)36-16-25(32)35-2/h3-14H,15-16H2,1-2H3,(H,29,31)/b28-14-. The van der Waals surface area contributed by atoms with Crippen LogP contribution in [0.4, 0.5) is 5.69 Å². The van der Waals surface area contributed by atoms with Crippen molar-refractivity contribution in [3.8, 4) is 5.75 Å². The van der Waals surface area contributed by atoms with Crippen molar-refractivity contribution in [2.24, 2.45) is 5.10 Å². The van der Waals surface area contributed by atoms with Crippen LogP contribution in [0.25, 0.3) is 0 Å². The number of ether oxygens (including phenoxy) is 2. The second-order valence-electron chi connectivity index (χ2n) is 7.68. The highest BCUT2D eigenvalue weighted by atomic mass is 35.5. The predicted molar refractivity (Wildman–Crippen MR) is 142 cm³/mol. The third-order valence-electron chi connectivity index (χ3n) is 4.90. The van der Waals surface area contributed by atoms with Crippen molar-refractivity contribution in [1.29, 1.82) is 0 Å². The summed E-state index contributed by atoms with van der Waals surface area (Å²) in [4.78, 5) is 23.8. The molecule has 0 aliphatic carbocycles. The fourth-order valence-corrected chi connectivity index (χ4v) is 4.95. The zero-order chi connectivity index (χ0) is 27.0. The van der Waals surface area contributed by atoms with Crippen molar-refractivity contribution < 1.29 is 27.5 Å². The Balaban J connectivity index is 1.74. The monoisotopic (exact) mass is 563 g/mol. The Bertz CT molecular complexity index is 1370. The fourth-order valence-electron chi connectivity index (χ4n) is 3.03. The van der Waals surface area contributed by atoms with Crippen LogP contribution < -0.4 is 14.5 Å². The van der Waals surface area contributed by atoms with Gasteiger partial charge in [0.15, 0.2) is 6.61 Å². The Hall–Kier alpha value is -3.60. The first-order valence-electron chi connectivity index (χ1n) is 10.8. The normalized spacial score (nSPS) is 11.2. The third-order valence-corrected chi connectivity index (χ3v) is 7.12. The number of hydrogen-bond acceptors (Lipinski definition) is 7. The first-order valence-corrected chi connectivity index (χ1v) is 12.9. The second kappa shape index (κ2) is 12.6. The maximum absolute atomic E-state index is 13.4. The van der Waals surface area contributed by atoms with E-state index >= 15 is 0 Å². The number of methoxy groups -OCH3 is 1. The third kappa shape index (κ3) is 7.94. The molecule has 9 nitrogen and oxygen atoms in total. The molecule has 0 spiro atoms. The lowest BCUT2D eigenvalue weighted by Crippen LogP contribution is -2.39. The molecule has 37 heavy (non-hydrogen) atoms. The number of aryl methyl sites for hydroxylation is 1. The topological polar surface area (TPSA) is 114 Å². The predicted octanol–water partition coefficient (Wildman–Crippen LogP) is 4.20. The van der Waals surface area contributed by atoms with Gasteiger partial charge in [-0.25, -0.2) is 18.6 Å². The lowest BCUT2D eigenvalue weighted by Gasteiger charge is -2.24. The van der Waals surface area contributed by atoms with Gasteiger partial charge in [-0.1, -0.05) is 40.9 Å². The molecule has 0 saturated carbocycles. The summed E-state index contributed by atoms with van der Waals surface area (Å²) in [5.41, 5.74) is 3.95. The molecule has 0 heterocycles. The summed E-state index contributed by atoms with van der Waals surface area (Å²) < 4.78 is 37.5. The number of benzene rings is 3. The number of halogens is 2. The Morgan fingerprint density at radius 2 is 1.62 bits per heavy atom. The number of rotatable bonds is 10. The lowest BCUT2D eigenvalue weighted by atomic mass is 10.2. The Morgan fingerprint density at radius 1 is 1.00 bits per heavy atom. The van der Waals surface area contributed by atoms with Gasteiger partial charge in [-0.3, -0.25) is 9.10 Å². The molecule has 3 aromatic carbocycles. The summed E-state index contributed by atoms with van der Waals surface area (Å²) in [6.07, 6.45) is 1.37. The van der Waals surface area contributed by atoms with Gasteiger partial charge in [0, 0.05) is 10.0 Å².